The first-order chi connectivity index (χ1) is 15.5. The van der Waals surface area contributed by atoms with Gasteiger partial charge < -0.3 is 15.0 Å². The Morgan fingerprint density at radius 1 is 1.12 bits per heavy atom. The van der Waals surface area contributed by atoms with Crippen molar-refractivity contribution in [3.05, 3.63) is 94.1 Å². The molecule has 1 N–H and O–H groups in total. The number of methoxy groups -OCH3 is 1. The van der Waals surface area contributed by atoms with Gasteiger partial charge in [-0.2, -0.15) is 0 Å². The highest BCUT2D eigenvalue weighted by molar-refractivity contribution is 8.04. The number of likely N-dealkylation sites (N-methyl/N-ethyl adjacent to an activating group) is 1. The predicted octanol–water partition coefficient (Wildman–Crippen LogP) is 4.87. The van der Waals surface area contributed by atoms with Gasteiger partial charge in [-0.15, -0.1) is 0 Å². The topological polar surface area (TPSA) is 58.6 Å². The molecule has 32 heavy (non-hydrogen) atoms. The van der Waals surface area contributed by atoms with Crippen LogP contribution in [-0.4, -0.2) is 26.0 Å². The standard InChI is InChI=1S/C25H21FN2O3S/c1-28-20-13-17(24(29)27-15-18-8-4-6-10-21(18)31-2)11-12-22(20)32-23(25(28)30)14-16-7-3-5-9-19(16)26/h3-14H,15H2,1-2H3,(H,27,29)/b23-14-. The summed E-state index contributed by atoms with van der Waals surface area (Å²) in [5.41, 5.74) is 2.30. The van der Waals surface area contributed by atoms with Crippen LogP contribution in [0.15, 0.2) is 76.5 Å². The molecule has 5 nitrogen and oxygen atoms in total. The Balaban J connectivity index is 1.54. The smallest absolute Gasteiger partial charge is 0.264 e. The number of thioether (sulfide) groups is 1. The summed E-state index contributed by atoms with van der Waals surface area (Å²) in [7, 11) is 3.23. The third kappa shape index (κ3) is 4.38. The molecule has 0 saturated carbocycles. The second kappa shape index (κ2) is 9.28. The number of nitrogens with zero attached hydrogens (tertiary/aromatic N) is 1. The van der Waals surface area contributed by atoms with E-state index in [1.54, 1.807) is 56.6 Å². The Labute approximate surface area is 189 Å². The number of carbonyl (C=O) groups is 2. The number of hydrogen-bond donors (Lipinski definition) is 1. The number of hydrogen-bond acceptors (Lipinski definition) is 4. The molecule has 1 heterocycles. The molecule has 0 aromatic heterocycles. The fourth-order valence-electron chi connectivity index (χ4n) is 3.40. The van der Waals surface area contributed by atoms with Gasteiger partial charge >= 0.3 is 0 Å². The van der Waals surface area contributed by atoms with Gasteiger partial charge in [0.1, 0.15) is 11.6 Å². The summed E-state index contributed by atoms with van der Waals surface area (Å²) < 4.78 is 19.3. The van der Waals surface area contributed by atoms with Crippen molar-refractivity contribution in [2.45, 2.75) is 11.4 Å². The highest BCUT2D eigenvalue weighted by Gasteiger charge is 2.27. The number of ether oxygens (including phenoxy) is 1. The van der Waals surface area contributed by atoms with Crippen LogP contribution in [0.4, 0.5) is 10.1 Å². The van der Waals surface area contributed by atoms with Crippen LogP contribution < -0.4 is 15.0 Å². The zero-order valence-corrected chi connectivity index (χ0v) is 18.4. The van der Waals surface area contributed by atoms with Crippen LogP contribution in [0.3, 0.4) is 0 Å². The van der Waals surface area contributed by atoms with E-state index in [-0.39, 0.29) is 17.6 Å². The Morgan fingerprint density at radius 3 is 2.66 bits per heavy atom. The third-order valence-electron chi connectivity index (χ3n) is 5.14. The number of para-hydroxylation sites is 1. The maximum Gasteiger partial charge on any atom is 0.264 e. The van der Waals surface area contributed by atoms with Crippen LogP contribution in [0.25, 0.3) is 6.08 Å². The van der Waals surface area contributed by atoms with Gasteiger partial charge in [0.2, 0.25) is 0 Å². The molecule has 3 aromatic carbocycles. The van der Waals surface area contributed by atoms with E-state index in [1.165, 1.54) is 22.7 Å². The monoisotopic (exact) mass is 448 g/mol. The van der Waals surface area contributed by atoms with Gasteiger partial charge in [-0.25, -0.2) is 4.39 Å². The van der Waals surface area contributed by atoms with Gasteiger partial charge in [0.05, 0.1) is 17.7 Å². The van der Waals surface area contributed by atoms with Crippen molar-refractivity contribution in [2.24, 2.45) is 0 Å². The quantitative estimate of drug-likeness (QED) is 0.566. The molecule has 7 heteroatoms. The lowest BCUT2D eigenvalue weighted by Gasteiger charge is -2.27. The van der Waals surface area contributed by atoms with E-state index >= 15 is 0 Å². The molecule has 162 valence electrons. The lowest BCUT2D eigenvalue weighted by molar-refractivity contribution is -0.114. The molecule has 3 aromatic rings. The lowest BCUT2D eigenvalue weighted by atomic mass is 10.1. The molecule has 0 radical (unpaired) electrons. The first-order valence-electron chi connectivity index (χ1n) is 9.94. The normalized spacial score (nSPS) is 14.3. The maximum absolute atomic E-state index is 14.0. The van der Waals surface area contributed by atoms with Crippen LogP contribution in [0.2, 0.25) is 0 Å². The van der Waals surface area contributed by atoms with E-state index < -0.39 is 0 Å². The first-order valence-corrected chi connectivity index (χ1v) is 10.8. The van der Waals surface area contributed by atoms with Crippen molar-refractivity contribution in [1.29, 1.82) is 0 Å². The zero-order valence-electron chi connectivity index (χ0n) is 17.6. The number of rotatable bonds is 5. The minimum atomic E-state index is -0.385. The average Bonchev–Trinajstić information content (AvgIpc) is 2.82. The summed E-state index contributed by atoms with van der Waals surface area (Å²) in [6.07, 6.45) is 1.55. The minimum Gasteiger partial charge on any atom is -0.496 e. The van der Waals surface area contributed by atoms with Crippen molar-refractivity contribution in [1.82, 2.24) is 5.32 Å². The fourth-order valence-corrected chi connectivity index (χ4v) is 4.48. The molecule has 0 spiro atoms. The summed E-state index contributed by atoms with van der Waals surface area (Å²) in [6, 6.07) is 19.0. The van der Waals surface area contributed by atoms with Gasteiger partial charge in [0.25, 0.3) is 11.8 Å². The molecule has 2 amide bonds. The molecule has 1 aliphatic heterocycles. The molecule has 0 unspecified atom stereocenters. The van der Waals surface area contributed by atoms with Crippen molar-refractivity contribution in [2.75, 3.05) is 19.1 Å². The van der Waals surface area contributed by atoms with Crippen LogP contribution in [0.5, 0.6) is 5.75 Å². The molecule has 4 rings (SSSR count). The van der Waals surface area contributed by atoms with Crippen molar-refractivity contribution in [3.63, 3.8) is 0 Å². The highest BCUT2D eigenvalue weighted by Crippen LogP contribution is 2.42. The molecular weight excluding hydrogens is 427 g/mol. The van der Waals surface area contributed by atoms with E-state index in [0.29, 0.717) is 34.0 Å². The van der Waals surface area contributed by atoms with Crippen LogP contribution >= 0.6 is 11.8 Å². The summed E-state index contributed by atoms with van der Waals surface area (Å²) in [6.45, 7) is 0.318. The van der Waals surface area contributed by atoms with Gasteiger partial charge in [-0.05, 0) is 36.4 Å². The molecule has 1 aliphatic rings. The van der Waals surface area contributed by atoms with Gasteiger partial charge in [0.15, 0.2) is 0 Å². The van der Waals surface area contributed by atoms with Crippen molar-refractivity contribution >= 4 is 35.3 Å². The molecule has 0 saturated heterocycles. The Morgan fingerprint density at radius 2 is 1.88 bits per heavy atom. The maximum atomic E-state index is 14.0. The van der Waals surface area contributed by atoms with E-state index in [9.17, 15) is 14.0 Å². The Kier molecular flexibility index (Phi) is 6.28. The number of nitrogens with one attached hydrogen (secondary N) is 1. The molecular formula is C25H21FN2O3S. The average molecular weight is 449 g/mol. The fraction of sp³-hybridized carbons (Fsp3) is 0.120. The molecule has 0 atom stereocenters. The van der Waals surface area contributed by atoms with Crippen molar-refractivity contribution in [3.8, 4) is 5.75 Å². The second-order valence-corrected chi connectivity index (χ2v) is 8.26. The summed E-state index contributed by atoms with van der Waals surface area (Å²) in [5, 5.41) is 2.89. The van der Waals surface area contributed by atoms with Crippen molar-refractivity contribution < 1.29 is 18.7 Å². The Hall–Kier alpha value is -3.58. The third-order valence-corrected chi connectivity index (χ3v) is 6.22. The van der Waals surface area contributed by atoms with E-state index in [1.807, 2.05) is 24.3 Å². The van der Waals surface area contributed by atoms with Crippen LogP contribution in [0, 0.1) is 5.82 Å². The van der Waals surface area contributed by atoms with Crippen LogP contribution in [0.1, 0.15) is 21.5 Å². The summed E-state index contributed by atoms with van der Waals surface area (Å²) >= 11 is 1.26. The van der Waals surface area contributed by atoms with Crippen LogP contribution in [-0.2, 0) is 11.3 Å². The number of carbonyl (C=O) groups excluding carboxylic acids is 2. The molecule has 0 bridgehead atoms. The van der Waals surface area contributed by atoms with E-state index in [2.05, 4.69) is 5.32 Å². The molecule has 0 fully saturated rings. The van der Waals surface area contributed by atoms with E-state index in [0.717, 1.165) is 10.5 Å². The molecule has 0 aliphatic carbocycles. The largest absolute Gasteiger partial charge is 0.496 e. The van der Waals surface area contributed by atoms with Gasteiger partial charge in [-0.1, -0.05) is 48.2 Å². The summed E-state index contributed by atoms with van der Waals surface area (Å²) in [4.78, 5) is 28.3. The number of halogens is 1. The van der Waals surface area contributed by atoms with Gasteiger partial charge in [0, 0.05) is 35.2 Å². The number of fused-ring (bicyclic) bond motifs is 1. The Bertz CT molecular complexity index is 1230. The minimum absolute atomic E-state index is 0.252. The number of benzene rings is 3. The zero-order chi connectivity index (χ0) is 22.7. The first kappa shape index (κ1) is 21.6. The highest BCUT2D eigenvalue weighted by atomic mass is 32.2. The predicted molar refractivity (Wildman–Crippen MR) is 124 cm³/mol. The second-order valence-electron chi connectivity index (χ2n) is 7.17. The van der Waals surface area contributed by atoms with E-state index in [4.69, 9.17) is 4.74 Å². The lowest BCUT2D eigenvalue weighted by Crippen LogP contribution is -2.31. The number of anilines is 1. The number of amides is 2. The van der Waals surface area contributed by atoms with Gasteiger partial charge in [-0.3, -0.25) is 9.59 Å². The SMILES string of the molecule is COc1ccccc1CNC(=O)c1ccc2c(c1)N(C)C(=O)/C(=C/c1ccccc1F)S2. The summed E-state index contributed by atoms with van der Waals surface area (Å²) in [5.74, 6) is -0.187.